The van der Waals surface area contributed by atoms with Crippen molar-refractivity contribution in [3.8, 4) is 5.75 Å². The van der Waals surface area contributed by atoms with E-state index in [-0.39, 0.29) is 11.8 Å². The summed E-state index contributed by atoms with van der Waals surface area (Å²) in [5, 5.41) is 5.70. The first kappa shape index (κ1) is 18.1. The maximum absolute atomic E-state index is 12.3. The summed E-state index contributed by atoms with van der Waals surface area (Å²) in [6.07, 6.45) is 3.14. The molecule has 0 saturated carbocycles. The molecule has 1 aromatic heterocycles. The Morgan fingerprint density at radius 1 is 0.926 bits per heavy atom. The second kappa shape index (κ2) is 8.62. The number of rotatable bonds is 6. The van der Waals surface area contributed by atoms with E-state index < -0.39 is 0 Å². The summed E-state index contributed by atoms with van der Waals surface area (Å²) in [6.45, 7) is 0.342. The van der Waals surface area contributed by atoms with Crippen molar-refractivity contribution < 1.29 is 14.3 Å². The van der Waals surface area contributed by atoms with E-state index in [9.17, 15) is 9.59 Å². The van der Waals surface area contributed by atoms with Gasteiger partial charge in [-0.15, -0.1) is 0 Å². The Labute approximate surface area is 157 Å². The molecule has 1 heterocycles. The van der Waals surface area contributed by atoms with E-state index in [1.165, 1.54) is 0 Å². The highest BCUT2D eigenvalue weighted by Gasteiger charge is 2.08. The molecule has 6 nitrogen and oxygen atoms in total. The van der Waals surface area contributed by atoms with Gasteiger partial charge in [-0.3, -0.25) is 14.6 Å². The van der Waals surface area contributed by atoms with E-state index in [1.54, 1.807) is 62.0 Å². The third kappa shape index (κ3) is 4.92. The first-order chi connectivity index (χ1) is 13.2. The van der Waals surface area contributed by atoms with Gasteiger partial charge in [0, 0.05) is 35.8 Å². The molecule has 0 saturated heterocycles. The Morgan fingerprint density at radius 2 is 1.70 bits per heavy atom. The topological polar surface area (TPSA) is 80.3 Å². The SMILES string of the molecule is COc1cccc(C(=O)NCc2cccc(NC(=O)c3ccncc3)c2)c1. The minimum atomic E-state index is -0.213. The molecule has 2 N–H and O–H groups in total. The fourth-order valence-corrected chi connectivity index (χ4v) is 2.51. The van der Waals surface area contributed by atoms with Gasteiger partial charge in [-0.05, 0) is 48.0 Å². The number of methoxy groups -OCH3 is 1. The van der Waals surface area contributed by atoms with Crippen LogP contribution in [-0.2, 0) is 6.54 Å². The zero-order chi connectivity index (χ0) is 19.1. The van der Waals surface area contributed by atoms with Crippen molar-refractivity contribution in [1.29, 1.82) is 0 Å². The fourth-order valence-electron chi connectivity index (χ4n) is 2.51. The number of carbonyl (C=O) groups excluding carboxylic acids is 2. The number of nitrogens with zero attached hydrogens (tertiary/aromatic N) is 1. The van der Waals surface area contributed by atoms with Crippen LogP contribution in [-0.4, -0.2) is 23.9 Å². The predicted octanol–water partition coefficient (Wildman–Crippen LogP) is 3.27. The number of hydrogen-bond acceptors (Lipinski definition) is 4. The molecule has 136 valence electrons. The van der Waals surface area contributed by atoms with Gasteiger partial charge < -0.3 is 15.4 Å². The smallest absolute Gasteiger partial charge is 0.255 e. The van der Waals surface area contributed by atoms with Gasteiger partial charge in [0.25, 0.3) is 11.8 Å². The number of hydrogen-bond donors (Lipinski definition) is 2. The predicted molar refractivity (Wildman–Crippen MR) is 103 cm³/mol. The average molecular weight is 361 g/mol. The second-order valence-electron chi connectivity index (χ2n) is 5.81. The average Bonchev–Trinajstić information content (AvgIpc) is 2.73. The molecule has 0 unspecified atom stereocenters. The highest BCUT2D eigenvalue weighted by atomic mass is 16.5. The van der Waals surface area contributed by atoms with Gasteiger partial charge in [0.05, 0.1) is 7.11 Å². The minimum absolute atomic E-state index is 0.194. The van der Waals surface area contributed by atoms with Gasteiger partial charge in [0.15, 0.2) is 0 Å². The molecule has 3 aromatic rings. The second-order valence-corrected chi connectivity index (χ2v) is 5.81. The third-order valence-electron chi connectivity index (χ3n) is 3.91. The summed E-state index contributed by atoms with van der Waals surface area (Å²) in [5.41, 5.74) is 2.59. The standard InChI is InChI=1S/C21H19N3O3/c1-27-19-7-3-5-17(13-19)20(25)23-14-15-4-2-6-18(12-15)24-21(26)16-8-10-22-11-9-16/h2-13H,14H2,1H3,(H,23,25)(H,24,26). The molecule has 0 fully saturated rings. The summed E-state index contributed by atoms with van der Waals surface area (Å²) < 4.78 is 5.13. The summed E-state index contributed by atoms with van der Waals surface area (Å²) in [4.78, 5) is 28.4. The highest BCUT2D eigenvalue weighted by Crippen LogP contribution is 2.14. The van der Waals surface area contributed by atoms with E-state index >= 15 is 0 Å². The van der Waals surface area contributed by atoms with E-state index in [2.05, 4.69) is 15.6 Å². The van der Waals surface area contributed by atoms with Gasteiger partial charge in [-0.2, -0.15) is 0 Å². The lowest BCUT2D eigenvalue weighted by atomic mass is 10.1. The Hall–Kier alpha value is -3.67. The van der Waals surface area contributed by atoms with E-state index in [0.717, 1.165) is 5.56 Å². The van der Waals surface area contributed by atoms with Crippen LogP contribution in [0.1, 0.15) is 26.3 Å². The van der Waals surface area contributed by atoms with Crippen molar-refractivity contribution in [2.24, 2.45) is 0 Å². The highest BCUT2D eigenvalue weighted by molar-refractivity contribution is 6.04. The van der Waals surface area contributed by atoms with Crippen LogP contribution in [0.3, 0.4) is 0 Å². The Bertz CT molecular complexity index is 942. The minimum Gasteiger partial charge on any atom is -0.497 e. The quantitative estimate of drug-likeness (QED) is 0.706. The summed E-state index contributed by atoms with van der Waals surface area (Å²) in [7, 11) is 1.56. The lowest BCUT2D eigenvalue weighted by Gasteiger charge is -2.09. The van der Waals surface area contributed by atoms with E-state index in [0.29, 0.717) is 29.1 Å². The first-order valence-corrected chi connectivity index (χ1v) is 8.38. The Balaban J connectivity index is 1.62. The molecule has 0 bridgehead atoms. The molecule has 0 aliphatic carbocycles. The largest absolute Gasteiger partial charge is 0.497 e. The molecule has 0 atom stereocenters. The summed E-state index contributed by atoms with van der Waals surface area (Å²) >= 11 is 0. The van der Waals surface area contributed by atoms with Gasteiger partial charge >= 0.3 is 0 Å². The zero-order valence-electron chi connectivity index (χ0n) is 14.8. The lowest BCUT2D eigenvalue weighted by Crippen LogP contribution is -2.22. The zero-order valence-corrected chi connectivity index (χ0v) is 14.8. The molecule has 0 aliphatic heterocycles. The number of ether oxygens (including phenoxy) is 1. The molecule has 6 heteroatoms. The van der Waals surface area contributed by atoms with Gasteiger partial charge in [-0.25, -0.2) is 0 Å². The Morgan fingerprint density at radius 3 is 2.48 bits per heavy atom. The number of pyridine rings is 1. The molecule has 3 rings (SSSR count). The molecule has 2 aromatic carbocycles. The van der Waals surface area contributed by atoms with Crippen molar-refractivity contribution in [2.45, 2.75) is 6.54 Å². The van der Waals surface area contributed by atoms with Crippen LogP contribution in [0.2, 0.25) is 0 Å². The fraction of sp³-hybridized carbons (Fsp3) is 0.0952. The van der Waals surface area contributed by atoms with Crippen molar-refractivity contribution in [1.82, 2.24) is 10.3 Å². The molecule has 0 radical (unpaired) electrons. The van der Waals surface area contributed by atoms with Crippen LogP contribution in [0.25, 0.3) is 0 Å². The third-order valence-corrected chi connectivity index (χ3v) is 3.91. The molecule has 2 amide bonds. The lowest BCUT2D eigenvalue weighted by molar-refractivity contribution is 0.0949. The summed E-state index contributed by atoms with van der Waals surface area (Å²) in [6, 6.07) is 17.6. The van der Waals surface area contributed by atoms with Gasteiger partial charge in [0.2, 0.25) is 0 Å². The Kier molecular flexibility index (Phi) is 5.79. The maximum atomic E-state index is 12.3. The summed E-state index contributed by atoms with van der Waals surface area (Å²) in [5.74, 6) is 0.221. The van der Waals surface area contributed by atoms with Crippen LogP contribution >= 0.6 is 0 Å². The number of amides is 2. The van der Waals surface area contributed by atoms with Gasteiger partial charge in [-0.1, -0.05) is 18.2 Å². The van der Waals surface area contributed by atoms with E-state index in [1.807, 2.05) is 18.2 Å². The van der Waals surface area contributed by atoms with E-state index in [4.69, 9.17) is 4.74 Å². The molecule has 0 spiro atoms. The number of nitrogens with one attached hydrogen (secondary N) is 2. The van der Waals surface area contributed by atoms with Crippen molar-refractivity contribution in [3.05, 3.63) is 89.7 Å². The number of anilines is 1. The van der Waals surface area contributed by atoms with Crippen molar-refractivity contribution in [3.63, 3.8) is 0 Å². The number of benzene rings is 2. The van der Waals surface area contributed by atoms with Gasteiger partial charge in [0.1, 0.15) is 5.75 Å². The van der Waals surface area contributed by atoms with Crippen LogP contribution < -0.4 is 15.4 Å². The maximum Gasteiger partial charge on any atom is 0.255 e. The molecular formula is C21H19N3O3. The number of aromatic nitrogens is 1. The van der Waals surface area contributed by atoms with Crippen molar-refractivity contribution in [2.75, 3.05) is 12.4 Å². The molecular weight excluding hydrogens is 342 g/mol. The molecule has 0 aliphatic rings. The normalized spacial score (nSPS) is 10.1. The number of carbonyl (C=O) groups is 2. The van der Waals surface area contributed by atoms with Crippen LogP contribution in [0.4, 0.5) is 5.69 Å². The van der Waals surface area contributed by atoms with Crippen LogP contribution in [0.5, 0.6) is 5.75 Å². The van der Waals surface area contributed by atoms with Crippen LogP contribution in [0, 0.1) is 0 Å². The van der Waals surface area contributed by atoms with Crippen molar-refractivity contribution >= 4 is 17.5 Å². The first-order valence-electron chi connectivity index (χ1n) is 8.38. The molecule has 27 heavy (non-hydrogen) atoms. The monoisotopic (exact) mass is 361 g/mol. The van der Waals surface area contributed by atoms with Crippen LogP contribution in [0.15, 0.2) is 73.1 Å².